The quantitative estimate of drug-likeness (QED) is 0.551. The first-order valence-corrected chi connectivity index (χ1v) is 7.50. The van der Waals surface area contributed by atoms with Crippen molar-refractivity contribution >= 4 is 22.6 Å². The second kappa shape index (κ2) is 4.91. The molecule has 90 valence electrons. The molecule has 0 aromatic rings. The van der Waals surface area contributed by atoms with Gasteiger partial charge >= 0.3 is 0 Å². The molecule has 0 aromatic heterocycles. The fourth-order valence-corrected chi connectivity index (χ4v) is 3.01. The summed E-state index contributed by atoms with van der Waals surface area (Å²) in [4.78, 5) is 0. The van der Waals surface area contributed by atoms with Gasteiger partial charge in [-0.05, 0) is 44.4 Å². The zero-order chi connectivity index (χ0) is 11.7. The van der Waals surface area contributed by atoms with E-state index in [0.717, 1.165) is 10.3 Å². The molecular formula is C13H25IO. The van der Waals surface area contributed by atoms with Gasteiger partial charge in [-0.1, -0.05) is 43.4 Å². The molecule has 0 saturated heterocycles. The van der Waals surface area contributed by atoms with Gasteiger partial charge < -0.3 is 4.74 Å². The lowest BCUT2D eigenvalue weighted by molar-refractivity contribution is -0.0966. The number of hydrogen-bond donors (Lipinski definition) is 0. The highest BCUT2D eigenvalue weighted by molar-refractivity contribution is 14.1. The highest BCUT2D eigenvalue weighted by Crippen LogP contribution is 2.40. The summed E-state index contributed by atoms with van der Waals surface area (Å²) in [6.45, 7) is 11.5. The Hall–Kier alpha value is 0.690. The van der Waals surface area contributed by atoms with Crippen molar-refractivity contribution in [3.8, 4) is 0 Å². The molecule has 1 rings (SSSR count). The van der Waals surface area contributed by atoms with Crippen LogP contribution in [0.1, 0.15) is 53.9 Å². The van der Waals surface area contributed by atoms with E-state index in [-0.39, 0.29) is 5.60 Å². The summed E-state index contributed by atoms with van der Waals surface area (Å²) in [7, 11) is 0. The summed E-state index contributed by atoms with van der Waals surface area (Å²) >= 11 is 2.42. The number of alkyl halides is 1. The Labute approximate surface area is 108 Å². The molecule has 2 heteroatoms. The molecule has 2 atom stereocenters. The van der Waals surface area contributed by atoms with Gasteiger partial charge in [0.05, 0.1) is 11.7 Å². The lowest BCUT2D eigenvalue weighted by atomic mass is 9.71. The summed E-state index contributed by atoms with van der Waals surface area (Å²) in [5.41, 5.74) is 0.502. The second-order valence-corrected chi connectivity index (χ2v) is 7.31. The lowest BCUT2D eigenvalue weighted by Crippen LogP contribution is -2.39. The average molecular weight is 324 g/mol. The highest BCUT2D eigenvalue weighted by Gasteiger charge is 2.35. The Morgan fingerprint density at radius 3 is 2.40 bits per heavy atom. The van der Waals surface area contributed by atoms with Crippen LogP contribution in [0.3, 0.4) is 0 Å². The maximum atomic E-state index is 6.23. The molecule has 0 spiro atoms. The summed E-state index contributed by atoms with van der Waals surface area (Å²) < 4.78 is 7.29. The van der Waals surface area contributed by atoms with E-state index in [1.807, 2.05) is 0 Å². The molecular weight excluding hydrogens is 299 g/mol. The van der Waals surface area contributed by atoms with Gasteiger partial charge in [-0.15, -0.1) is 0 Å². The van der Waals surface area contributed by atoms with Crippen LogP contribution in [0, 0.1) is 11.3 Å². The van der Waals surface area contributed by atoms with Crippen molar-refractivity contribution in [2.45, 2.75) is 65.6 Å². The number of rotatable bonds is 3. The van der Waals surface area contributed by atoms with Crippen LogP contribution in [0.2, 0.25) is 0 Å². The van der Waals surface area contributed by atoms with Crippen LogP contribution >= 0.6 is 22.6 Å². The van der Waals surface area contributed by atoms with Gasteiger partial charge in [0.2, 0.25) is 0 Å². The van der Waals surface area contributed by atoms with Crippen molar-refractivity contribution in [2.24, 2.45) is 11.3 Å². The van der Waals surface area contributed by atoms with Gasteiger partial charge in [-0.25, -0.2) is 0 Å². The molecule has 0 N–H and O–H groups in total. The monoisotopic (exact) mass is 324 g/mol. The largest absolute Gasteiger partial charge is 0.372 e. The molecule has 1 aliphatic carbocycles. The van der Waals surface area contributed by atoms with E-state index in [1.165, 1.54) is 19.3 Å². The Bertz CT molecular complexity index is 211. The third kappa shape index (κ3) is 4.59. The van der Waals surface area contributed by atoms with Crippen LogP contribution in [0.4, 0.5) is 0 Å². The van der Waals surface area contributed by atoms with Crippen LogP contribution < -0.4 is 0 Å². The Morgan fingerprint density at radius 1 is 1.33 bits per heavy atom. The number of hydrogen-bond acceptors (Lipinski definition) is 1. The summed E-state index contributed by atoms with van der Waals surface area (Å²) in [6, 6.07) is 0. The predicted molar refractivity (Wildman–Crippen MR) is 74.6 cm³/mol. The third-order valence-electron chi connectivity index (χ3n) is 3.15. The molecule has 1 aliphatic rings. The first kappa shape index (κ1) is 13.8. The molecule has 0 radical (unpaired) electrons. The minimum atomic E-state index is 0.0400. The van der Waals surface area contributed by atoms with E-state index in [0.29, 0.717) is 11.5 Å². The van der Waals surface area contributed by atoms with Gasteiger partial charge in [0, 0.05) is 4.43 Å². The van der Waals surface area contributed by atoms with Crippen molar-refractivity contribution in [3.05, 3.63) is 0 Å². The Kier molecular flexibility index (Phi) is 4.50. The minimum Gasteiger partial charge on any atom is -0.372 e. The van der Waals surface area contributed by atoms with E-state index in [2.05, 4.69) is 57.2 Å². The fourth-order valence-electron chi connectivity index (χ4n) is 2.83. The highest BCUT2D eigenvalue weighted by atomic mass is 127. The minimum absolute atomic E-state index is 0.0400. The Morgan fingerprint density at radius 2 is 1.93 bits per heavy atom. The lowest BCUT2D eigenvalue weighted by Gasteiger charge is -2.41. The maximum absolute atomic E-state index is 6.23. The van der Waals surface area contributed by atoms with Crippen LogP contribution in [0.5, 0.6) is 0 Å². The fraction of sp³-hybridized carbons (Fsp3) is 1.00. The molecule has 0 amide bonds. The van der Waals surface area contributed by atoms with Crippen LogP contribution in [0.15, 0.2) is 0 Å². The summed E-state index contributed by atoms with van der Waals surface area (Å²) in [5.74, 6) is 0.809. The second-order valence-electron chi connectivity index (χ2n) is 6.55. The van der Waals surface area contributed by atoms with E-state index < -0.39 is 0 Å². The van der Waals surface area contributed by atoms with Crippen LogP contribution in [-0.2, 0) is 4.74 Å². The van der Waals surface area contributed by atoms with E-state index in [1.54, 1.807) is 0 Å². The molecule has 0 heterocycles. The zero-order valence-corrected chi connectivity index (χ0v) is 12.9. The van der Waals surface area contributed by atoms with Crippen molar-refractivity contribution in [2.75, 3.05) is 4.43 Å². The molecule has 1 saturated carbocycles. The van der Waals surface area contributed by atoms with Crippen molar-refractivity contribution in [1.29, 1.82) is 0 Å². The standard InChI is InChI=1S/C13H25IO/c1-10-6-11(8-12(2,3)7-10)15-13(4,5)9-14/h10-11H,6-9H2,1-5H3. The number of ether oxygens (including phenoxy) is 1. The molecule has 2 unspecified atom stereocenters. The molecule has 0 bridgehead atoms. The van der Waals surface area contributed by atoms with Gasteiger partial charge in [-0.3, -0.25) is 0 Å². The van der Waals surface area contributed by atoms with Crippen molar-refractivity contribution < 1.29 is 4.74 Å². The summed E-state index contributed by atoms with van der Waals surface area (Å²) in [6.07, 6.45) is 4.27. The van der Waals surface area contributed by atoms with Crippen molar-refractivity contribution in [3.63, 3.8) is 0 Å². The van der Waals surface area contributed by atoms with E-state index >= 15 is 0 Å². The molecule has 1 nitrogen and oxygen atoms in total. The topological polar surface area (TPSA) is 9.23 Å². The van der Waals surface area contributed by atoms with E-state index in [4.69, 9.17) is 4.74 Å². The molecule has 1 fully saturated rings. The van der Waals surface area contributed by atoms with Crippen molar-refractivity contribution in [1.82, 2.24) is 0 Å². The zero-order valence-electron chi connectivity index (χ0n) is 10.8. The summed E-state index contributed by atoms with van der Waals surface area (Å²) in [5, 5.41) is 0. The van der Waals surface area contributed by atoms with E-state index in [9.17, 15) is 0 Å². The van der Waals surface area contributed by atoms with Crippen LogP contribution in [0.25, 0.3) is 0 Å². The first-order chi connectivity index (χ1) is 6.74. The first-order valence-electron chi connectivity index (χ1n) is 5.98. The normalized spacial score (nSPS) is 31.6. The van der Waals surface area contributed by atoms with Gasteiger partial charge in [-0.2, -0.15) is 0 Å². The molecule has 15 heavy (non-hydrogen) atoms. The molecule has 0 aliphatic heterocycles. The van der Waals surface area contributed by atoms with Gasteiger partial charge in [0.1, 0.15) is 0 Å². The van der Waals surface area contributed by atoms with Crippen LogP contribution in [-0.4, -0.2) is 16.1 Å². The third-order valence-corrected chi connectivity index (χ3v) is 4.99. The average Bonchev–Trinajstić information content (AvgIpc) is 1.99. The van der Waals surface area contributed by atoms with Gasteiger partial charge in [0.25, 0.3) is 0 Å². The predicted octanol–water partition coefficient (Wildman–Crippen LogP) is 4.43. The Balaban J connectivity index is 2.56. The SMILES string of the molecule is CC1CC(OC(C)(C)CI)CC(C)(C)C1. The maximum Gasteiger partial charge on any atom is 0.0719 e. The number of halogens is 1. The van der Waals surface area contributed by atoms with Gasteiger partial charge in [0.15, 0.2) is 0 Å². The molecule has 0 aromatic carbocycles. The smallest absolute Gasteiger partial charge is 0.0719 e.